The van der Waals surface area contributed by atoms with Crippen LogP contribution in [0.2, 0.25) is 0 Å². The van der Waals surface area contributed by atoms with Crippen LogP contribution in [0.3, 0.4) is 0 Å². The van der Waals surface area contributed by atoms with Crippen LogP contribution >= 0.6 is 0 Å². The van der Waals surface area contributed by atoms with E-state index in [0.717, 1.165) is 13.0 Å². The summed E-state index contributed by atoms with van der Waals surface area (Å²) in [6, 6.07) is 9.10. The van der Waals surface area contributed by atoms with E-state index in [4.69, 9.17) is 14.6 Å². The summed E-state index contributed by atoms with van der Waals surface area (Å²) in [6.45, 7) is 0.743. The van der Waals surface area contributed by atoms with Crippen molar-refractivity contribution in [3.63, 3.8) is 0 Å². The number of carboxylic acids is 1. The Kier molecular flexibility index (Phi) is 3.77. The highest BCUT2D eigenvalue weighted by molar-refractivity contribution is 5.86. The first-order valence-electron chi connectivity index (χ1n) is 5.51. The highest BCUT2D eigenvalue weighted by Gasteiger charge is 2.23. The zero-order valence-electron chi connectivity index (χ0n) is 9.33. The van der Waals surface area contributed by atoms with Gasteiger partial charge >= 0.3 is 5.97 Å². The standard InChI is InChI=1S/C13H14O4/c14-13(15)10(6-7-12-9-17-12)8-16-11-4-2-1-3-5-11/h1-5,8,12H,6-7,9H2,(H,14,15). The van der Waals surface area contributed by atoms with Gasteiger partial charge in [-0.3, -0.25) is 0 Å². The van der Waals surface area contributed by atoms with Crippen LogP contribution in [0, 0.1) is 0 Å². The van der Waals surface area contributed by atoms with Crippen LogP contribution in [0.5, 0.6) is 5.75 Å². The number of carboxylic acid groups (broad SMARTS) is 1. The molecule has 0 aliphatic carbocycles. The first kappa shape index (κ1) is 11.7. The molecule has 0 radical (unpaired) electrons. The third kappa shape index (κ3) is 3.92. The van der Waals surface area contributed by atoms with Crippen molar-refractivity contribution < 1.29 is 19.4 Å². The lowest BCUT2D eigenvalue weighted by molar-refractivity contribution is -0.132. The third-order valence-corrected chi connectivity index (χ3v) is 2.49. The lowest BCUT2D eigenvalue weighted by Gasteiger charge is -2.03. The molecule has 0 amide bonds. The Hall–Kier alpha value is -1.81. The largest absolute Gasteiger partial charge is 0.478 e. The lowest BCUT2D eigenvalue weighted by Crippen LogP contribution is -2.04. The first-order valence-corrected chi connectivity index (χ1v) is 5.51. The van der Waals surface area contributed by atoms with Gasteiger partial charge in [0.1, 0.15) is 12.0 Å². The first-order chi connectivity index (χ1) is 8.25. The van der Waals surface area contributed by atoms with Crippen molar-refractivity contribution in [2.75, 3.05) is 6.61 Å². The number of hydrogen-bond acceptors (Lipinski definition) is 3. The molecule has 4 nitrogen and oxygen atoms in total. The van der Waals surface area contributed by atoms with Crippen LogP contribution in [0.25, 0.3) is 0 Å². The number of epoxide rings is 1. The monoisotopic (exact) mass is 234 g/mol. The average molecular weight is 234 g/mol. The number of ether oxygens (including phenoxy) is 2. The number of benzene rings is 1. The maximum Gasteiger partial charge on any atom is 0.334 e. The van der Waals surface area contributed by atoms with Crippen LogP contribution in [-0.2, 0) is 9.53 Å². The molecule has 4 heteroatoms. The molecule has 1 aromatic carbocycles. The Morgan fingerprint density at radius 2 is 2.18 bits per heavy atom. The zero-order chi connectivity index (χ0) is 12.1. The quantitative estimate of drug-likeness (QED) is 0.465. The van der Waals surface area contributed by atoms with E-state index in [1.807, 2.05) is 18.2 Å². The molecule has 1 N–H and O–H groups in total. The fraction of sp³-hybridized carbons (Fsp3) is 0.308. The molecule has 1 saturated heterocycles. The van der Waals surface area contributed by atoms with Crippen LogP contribution in [0.4, 0.5) is 0 Å². The van der Waals surface area contributed by atoms with Crippen LogP contribution in [-0.4, -0.2) is 23.8 Å². The predicted octanol–water partition coefficient (Wildman–Crippen LogP) is 2.21. The van der Waals surface area contributed by atoms with Crippen molar-refractivity contribution in [1.82, 2.24) is 0 Å². The summed E-state index contributed by atoms with van der Waals surface area (Å²) in [5.74, 6) is -0.310. The van der Waals surface area contributed by atoms with Crippen molar-refractivity contribution in [2.24, 2.45) is 0 Å². The Morgan fingerprint density at radius 1 is 1.47 bits per heavy atom. The summed E-state index contributed by atoms with van der Waals surface area (Å²) in [6.07, 6.45) is 2.73. The van der Waals surface area contributed by atoms with Crippen LogP contribution in [0.15, 0.2) is 42.2 Å². The number of rotatable bonds is 6. The molecule has 0 bridgehead atoms. The molecule has 1 aliphatic rings. The summed E-state index contributed by atoms with van der Waals surface area (Å²) in [7, 11) is 0. The molecule has 1 aliphatic heterocycles. The molecule has 0 spiro atoms. The SMILES string of the molecule is O=C(O)C(=COc1ccccc1)CCC1CO1. The van der Waals surface area contributed by atoms with Crippen molar-refractivity contribution in [3.8, 4) is 5.75 Å². The van der Waals surface area contributed by atoms with Crippen molar-refractivity contribution in [2.45, 2.75) is 18.9 Å². The molecular weight excluding hydrogens is 220 g/mol. The molecule has 1 fully saturated rings. The molecule has 1 atom stereocenters. The average Bonchev–Trinajstić information content (AvgIpc) is 3.14. The molecular formula is C13H14O4. The van der Waals surface area contributed by atoms with Gasteiger partial charge in [0.2, 0.25) is 0 Å². The number of para-hydroxylation sites is 1. The second-order valence-electron chi connectivity index (χ2n) is 3.87. The minimum atomic E-state index is -0.943. The number of hydrogen-bond donors (Lipinski definition) is 1. The topological polar surface area (TPSA) is 59.1 Å². The predicted molar refractivity (Wildman–Crippen MR) is 61.8 cm³/mol. The molecule has 0 aromatic heterocycles. The van der Waals surface area contributed by atoms with E-state index in [2.05, 4.69) is 0 Å². The van der Waals surface area contributed by atoms with Gasteiger partial charge < -0.3 is 14.6 Å². The van der Waals surface area contributed by atoms with Gasteiger partial charge in [-0.05, 0) is 25.0 Å². The number of aliphatic carboxylic acids is 1. The Morgan fingerprint density at radius 3 is 2.76 bits per heavy atom. The normalized spacial score (nSPS) is 18.8. The maximum atomic E-state index is 11.0. The molecule has 1 heterocycles. The van der Waals surface area contributed by atoms with Crippen LogP contribution < -0.4 is 4.74 Å². The minimum Gasteiger partial charge on any atom is -0.478 e. The van der Waals surface area contributed by atoms with Crippen molar-refractivity contribution in [1.29, 1.82) is 0 Å². The fourth-order valence-electron chi connectivity index (χ4n) is 1.41. The van der Waals surface area contributed by atoms with Gasteiger partial charge in [-0.1, -0.05) is 18.2 Å². The summed E-state index contributed by atoms with van der Waals surface area (Å²) in [5.41, 5.74) is 0.268. The summed E-state index contributed by atoms with van der Waals surface area (Å²) >= 11 is 0. The summed E-state index contributed by atoms with van der Waals surface area (Å²) in [4.78, 5) is 11.0. The van der Waals surface area contributed by atoms with Gasteiger partial charge in [0.05, 0.1) is 18.3 Å². The van der Waals surface area contributed by atoms with E-state index >= 15 is 0 Å². The van der Waals surface area contributed by atoms with Gasteiger partial charge in [-0.25, -0.2) is 4.79 Å². The van der Waals surface area contributed by atoms with Crippen LogP contribution in [0.1, 0.15) is 12.8 Å². The Labute approximate surface area is 99.5 Å². The summed E-state index contributed by atoms with van der Waals surface area (Å²) in [5, 5.41) is 9.00. The van der Waals surface area contributed by atoms with Gasteiger partial charge in [-0.15, -0.1) is 0 Å². The maximum absolute atomic E-state index is 11.0. The second kappa shape index (κ2) is 5.50. The number of carbonyl (C=O) groups is 1. The second-order valence-corrected chi connectivity index (χ2v) is 3.87. The molecule has 1 aromatic rings. The van der Waals surface area contributed by atoms with E-state index in [9.17, 15) is 4.79 Å². The summed E-state index contributed by atoms with van der Waals surface area (Å²) < 4.78 is 10.3. The lowest BCUT2D eigenvalue weighted by atomic mass is 10.1. The van der Waals surface area contributed by atoms with Gasteiger partial charge in [0.15, 0.2) is 0 Å². The van der Waals surface area contributed by atoms with E-state index in [-0.39, 0.29) is 11.7 Å². The molecule has 17 heavy (non-hydrogen) atoms. The zero-order valence-corrected chi connectivity index (χ0v) is 9.33. The smallest absolute Gasteiger partial charge is 0.334 e. The van der Waals surface area contributed by atoms with E-state index in [1.165, 1.54) is 6.26 Å². The van der Waals surface area contributed by atoms with E-state index < -0.39 is 5.97 Å². The molecule has 0 saturated carbocycles. The molecule has 2 rings (SSSR count). The van der Waals surface area contributed by atoms with E-state index in [1.54, 1.807) is 12.1 Å². The van der Waals surface area contributed by atoms with Gasteiger partial charge in [0.25, 0.3) is 0 Å². The fourth-order valence-corrected chi connectivity index (χ4v) is 1.41. The van der Waals surface area contributed by atoms with E-state index in [0.29, 0.717) is 12.2 Å². The highest BCUT2D eigenvalue weighted by Crippen LogP contribution is 2.19. The third-order valence-electron chi connectivity index (χ3n) is 2.49. The minimum absolute atomic E-state index is 0.231. The molecule has 90 valence electrons. The van der Waals surface area contributed by atoms with Gasteiger partial charge in [0, 0.05) is 0 Å². The highest BCUT2D eigenvalue weighted by atomic mass is 16.6. The molecule has 1 unspecified atom stereocenters. The Bertz CT molecular complexity index is 407. The Balaban J connectivity index is 1.92. The van der Waals surface area contributed by atoms with Gasteiger partial charge in [-0.2, -0.15) is 0 Å². The van der Waals surface area contributed by atoms with Crippen molar-refractivity contribution >= 4 is 5.97 Å². The van der Waals surface area contributed by atoms with Crippen molar-refractivity contribution in [3.05, 3.63) is 42.2 Å².